The summed E-state index contributed by atoms with van der Waals surface area (Å²) in [7, 11) is 0. The van der Waals surface area contributed by atoms with E-state index >= 15 is 0 Å². The standard InChI is InChI=1S/C5H11NO.C4H10/c1-2-3-4-5(6)7;1-4(2)3/h2-4H2,1H3,(H2,6,7);4H,1-3H3. The molecule has 0 aromatic carbocycles. The Kier molecular flexibility index (Phi) is 11.3. The first kappa shape index (κ1) is 13.1. The van der Waals surface area contributed by atoms with Gasteiger partial charge in [0, 0.05) is 6.42 Å². The molecule has 0 aromatic rings. The van der Waals surface area contributed by atoms with Gasteiger partial charge >= 0.3 is 0 Å². The van der Waals surface area contributed by atoms with Crippen LogP contribution in [0, 0.1) is 5.92 Å². The van der Waals surface area contributed by atoms with Crippen LogP contribution in [0.3, 0.4) is 0 Å². The highest BCUT2D eigenvalue weighted by atomic mass is 16.1. The molecule has 0 fully saturated rings. The van der Waals surface area contributed by atoms with E-state index in [2.05, 4.69) is 20.8 Å². The average molecular weight is 159 g/mol. The normalized spacial score (nSPS) is 8.82. The lowest BCUT2D eigenvalue weighted by atomic mass is 10.2. The van der Waals surface area contributed by atoms with Crippen LogP contribution in [0.25, 0.3) is 0 Å². The van der Waals surface area contributed by atoms with E-state index in [1.165, 1.54) is 0 Å². The summed E-state index contributed by atoms with van der Waals surface area (Å²) < 4.78 is 0. The summed E-state index contributed by atoms with van der Waals surface area (Å²) in [5.41, 5.74) is 4.84. The molecule has 2 heteroatoms. The van der Waals surface area contributed by atoms with Gasteiger partial charge in [-0.25, -0.2) is 0 Å². The zero-order valence-electron chi connectivity index (χ0n) is 8.18. The van der Waals surface area contributed by atoms with Gasteiger partial charge in [0.25, 0.3) is 0 Å². The first-order valence-electron chi connectivity index (χ1n) is 4.29. The lowest BCUT2D eigenvalue weighted by molar-refractivity contribution is -0.118. The second kappa shape index (κ2) is 9.47. The number of amides is 1. The first-order chi connectivity index (χ1) is 5.00. The van der Waals surface area contributed by atoms with Crippen molar-refractivity contribution in [3.8, 4) is 0 Å². The molecule has 0 atom stereocenters. The van der Waals surface area contributed by atoms with Crippen molar-refractivity contribution in [2.24, 2.45) is 11.7 Å². The molecular formula is C9H21NO. The Morgan fingerprint density at radius 2 is 1.73 bits per heavy atom. The van der Waals surface area contributed by atoms with Gasteiger partial charge < -0.3 is 5.73 Å². The molecule has 0 bridgehead atoms. The van der Waals surface area contributed by atoms with E-state index < -0.39 is 0 Å². The highest BCUT2D eigenvalue weighted by Crippen LogP contribution is 1.89. The molecule has 0 saturated carbocycles. The van der Waals surface area contributed by atoms with Gasteiger partial charge in [0.05, 0.1) is 0 Å². The second-order valence-corrected chi connectivity index (χ2v) is 3.30. The van der Waals surface area contributed by atoms with Crippen molar-refractivity contribution < 1.29 is 4.79 Å². The van der Waals surface area contributed by atoms with Crippen molar-refractivity contribution in [1.29, 1.82) is 0 Å². The Morgan fingerprint density at radius 3 is 1.82 bits per heavy atom. The molecule has 0 aliphatic rings. The van der Waals surface area contributed by atoms with Crippen LogP contribution in [-0.2, 0) is 4.79 Å². The largest absolute Gasteiger partial charge is 0.370 e. The van der Waals surface area contributed by atoms with Crippen molar-refractivity contribution in [3.05, 3.63) is 0 Å². The summed E-state index contributed by atoms with van der Waals surface area (Å²) in [4.78, 5) is 9.98. The van der Waals surface area contributed by atoms with Crippen LogP contribution in [0.2, 0.25) is 0 Å². The molecule has 0 spiro atoms. The van der Waals surface area contributed by atoms with E-state index in [1.54, 1.807) is 0 Å². The maximum atomic E-state index is 9.98. The fourth-order valence-corrected chi connectivity index (χ4v) is 0.351. The van der Waals surface area contributed by atoms with Gasteiger partial charge in [0.1, 0.15) is 0 Å². The van der Waals surface area contributed by atoms with Crippen LogP contribution in [0.1, 0.15) is 47.0 Å². The van der Waals surface area contributed by atoms with E-state index in [9.17, 15) is 4.79 Å². The van der Waals surface area contributed by atoms with Crippen LogP contribution in [0.5, 0.6) is 0 Å². The summed E-state index contributed by atoms with van der Waals surface area (Å²) in [5.74, 6) is 0.641. The fraction of sp³-hybridized carbons (Fsp3) is 0.889. The third-order valence-electron chi connectivity index (χ3n) is 0.777. The third kappa shape index (κ3) is 43.9. The average Bonchev–Trinajstić information content (AvgIpc) is 1.82. The zero-order chi connectivity index (χ0) is 9.28. The van der Waals surface area contributed by atoms with Crippen LogP contribution < -0.4 is 5.73 Å². The predicted molar refractivity (Wildman–Crippen MR) is 49.2 cm³/mol. The maximum Gasteiger partial charge on any atom is 0.217 e. The Balaban J connectivity index is 0. The topological polar surface area (TPSA) is 43.1 Å². The van der Waals surface area contributed by atoms with E-state index in [1.807, 2.05) is 6.92 Å². The van der Waals surface area contributed by atoms with Crippen LogP contribution in [0.15, 0.2) is 0 Å². The van der Waals surface area contributed by atoms with Crippen molar-refractivity contribution in [2.45, 2.75) is 47.0 Å². The molecule has 0 rings (SSSR count). The van der Waals surface area contributed by atoms with Gasteiger partial charge in [-0.2, -0.15) is 0 Å². The smallest absolute Gasteiger partial charge is 0.217 e. The summed E-state index contributed by atoms with van der Waals surface area (Å²) in [6.07, 6.45) is 2.51. The predicted octanol–water partition coefficient (Wildman–Crippen LogP) is 2.32. The number of hydrogen-bond acceptors (Lipinski definition) is 1. The Morgan fingerprint density at radius 1 is 1.36 bits per heavy atom. The van der Waals surface area contributed by atoms with Gasteiger partial charge in [-0.3, -0.25) is 4.79 Å². The molecule has 2 N–H and O–H groups in total. The number of primary amides is 1. The van der Waals surface area contributed by atoms with Gasteiger partial charge in [-0.05, 0) is 12.3 Å². The minimum absolute atomic E-state index is 0.193. The van der Waals surface area contributed by atoms with Crippen molar-refractivity contribution in [2.75, 3.05) is 0 Å². The van der Waals surface area contributed by atoms with Crippen LogP contribution >= 0.6 is 0 Å². The number of hydrogen-bond donors (Lipinski definition) is 1. The number of unbranched alkanes of at least 4 members (excludes halogenated alkanes) is 1. The molecule has 2 nitrogen and oxygen atoms in total. The zero-order valence-corrected chi connectivity index (χ0v) is 8.18. The van der Waals surface area contributed by atoms with E-state index in [4.69, 9.17) is 5.73 Å². The lowest BCUT2D eigenvalue weighted by Gasteiger charge is -1.86. The van der Waals surface area contributed by atoms with Gasteiger partial charge in [-0.15, -0.1) is 0 Å². The molecule has 0 aliphatic carbocycles. The SMILES string of the molecule is CC(C)C.CCCCC(N)=O. The monoisotopic (exact) mass is 159 g/mol. The first-order valence-corrected chi connectivity index (χ1v) is 4.29. The summed E-state index contributed by atoms with van der Waals surface area (Å²) in [5, 5.41) is 0. The highest BCUT2D eigenvalue weighted by molar-refractivity contribution is 5.73. The molecule has 0 saturated heterocycles. The quantitative estimate of drug-likeness (QED) is 0.674. The molecule has 0 heterocycles. The van der Waals surface area contributed by atoms with Crippen molar-refractivity contribution >= 4 is 5.91 Å². The number of carbonyl (C=O) groups is 1. The number of carbonyl (C=O) groups excluding carboxylic acids is 1. The number of nitrogens with two attached hydrogens (primary N) is 1. The van der Waals surface area contributed by atoms with Crippen LogP contribution in [0.4, 0.5) is 0 Å². The van der Waals surface area contributed by atoms with E-state index in [-0.39, 0.29) is 5.91 Å². The Labute approximate surface area is 70.2 Å². The lowest BCUT2D eigenvalue weighted by Crippen LogP contribution is -2.09. The van der Waals surface area contributed by atoms with Crippen molar-refractivity contribution in [1.82, 2.24) is 0 Å². The van der Waals surface area contributed by atoms with Crippen LogP contribution in [-0.4, -0.2) is 5.91 Å². The van der Waals surface area contributed by atoms with Gasteiger partial charge in [0.15, 0.2) is 0 Å². The van der Waals surface area contributed by atoms with Gasteiger partial charge in [0.2, 0.25) is 5.91 Å². The van der Waals surface area contributed by atoms with Crippen molar-refractivity contribution in [3.63, 3.8) is 0 Å². The molecule has 11 heavy (non-hydrogen) atoms. The molecular weight excluding hydrogens is 138 g/mol. The Hall–Kier alpha value is -0.530. The minimum atomic E-state index is -0.193. The Bertz CT molecular complexity index is 86.8. The molecule has 0 unspecified atom stereocenters. The molecule has 0 radical (unpaired) electrons. The molecule has 68 valence electrons. The number of rotatable bonds is 3. The van der Waals surface area contributed by atoms with Gasteiger partial charge in [-0.1, -0.05) is 34.1 Å². The minimum Gasteiger partial charge on any atom is -0.370 e. The summed E-state index contributed by atoms with van der Waals surface area (Å²) in [6.45, 7) is 8.53. The second-order valence-electron chi connectivity index (χ2n) is 3.30. The summed E-state index contributed by atoms with van der Waals surface area (Å²) in [6, 6.07) is 0. The molecule has 1 amide bonds. The fourth-order valence-electron chi connectivity index (χ4n) is 0.351. The van der Waals surface area contributed by atoms with E-state index in [0.717, 1.165) is 18.8 Å². The van der Waals surface area contributed by atoms with E-state index in [0.29, 0.717) is 6.42 Å². The summed E-state index contributed by atoms with van der Waals surface area (Å²) >= 11 is 0. The maximum absolute atomic E-state index is 9.98. The molecule has 0 aliphatic heterocycles. The third-order valence-corrected chi connectivity index (χ3v) is 0.777. The highest BCUT2D eigenvalue weighted by Gasteiger charge is 1.88. The molecule has 0 aromatic heterocycles.